The number of aliphatic hydroxyl groups is 1. The third-order valence-electron chi connectivity index (χ3n) is 2.95. The summed E-state index contributed by atoms with van der Waals surface area (Å²) in [6.07, 6.45) is 1.81. The Morgan fingerprint density at radius 3 is 2.48 bits per heavy atom. The van der Waals surface area contributed by atoms with Gasteiger partial charge in [0.05, 0.1) is 11.5 Å². The van der Waals surface area contributed by atoms with Crippen LogP contribution in [-0.2, 0) is 4.57 Å². The van der Waals surface area contributed by atoms with Gasteiger partial charge in [-0.05, 0) is 31.7 Å². The Bertz CT molecular complexity index is 601. The summed E-state index contributed by atoms with van der Waals surface area (Å²) in [6.45, 7) is 2.18. The molecule has 0 bridgehead atoms. The predicted molar refractivity (Wildman–Crippen MR) is 80.8 cm³/mol. The maximum atomic E-state index is 11.1. The molecule has 0 heterocycles. The molecule has 0 fully saturated rings. The summed E-state index contributed by atoms with van der Waals surface area (Å²) in [5.74, 6) is 0. The van der Waals surface area contributed by atoms with Gasteiger partial charge in [0.2, 0.25) is 0 Å². The van der Waals surface area contributed by atoms with Gasteiger partial charge in [-0.3, -0.25) is 14.7 Å². The highest BCUT2D eigenvalue weighted by Crippen LogP contribution is 2.48. The van der Waals surface area contributed by atoms with E-state index < -0.39 is 24.4 Å². The van der Waals surface area contributed by atoms with Crippen molar-refractivity contribution in [3.63, 3.8) is 0 Å². The van der Waals surface area contributed by atoms with E-state index in [0.717, 1.165) is 17.4 Å². The number of anilines is 1. The summed E-state index contributed by atoms with van der Waals surface area (Å²) < 4.78 is 11.1. The molecular formula is C11H17N2O6PS. The first-order chi connectivity index (χ1) is 9.49. The Kier molecular flexibility index (Phi) is 5.40. The normalized spacial score (nSPS) is 14.6. The average molecular weight is 336 g/mol. The third-order valence-corrected chi connectivity index (χ3v) is 5.24. The van der Waals surface area contributed by atoms with Crippen molar-refractivity contribution in [1.82, 2.24) is 0 Å². The van der Waals surface area contributed by atoms with Crippen molar-refractivity contribution in [2.45, 2.75) is 24.1 Å². The molecule has 1 atom stereocenters. The highest BCUT2D eigenvalue weighted by Gasteiger charge is 2.40. The molecule has 0 spiro atoms. The topological polar surface area (TPSA) is 133 Å². The Labute approximate surface area is 125 Å². The van der Waals surface area contributed by atoms with E-state index in [1.54, 1.807) is 6.92 Å². The monoisotopic (exact) mass is 336 g/mol. The number of benzene rings is 1. The van der Waals surface area contributed by atoms with Crippen molar-refractivity contribution < 1.29 is 24.4 Å². The fourth-order valence-electron chi connectivity index (χ4n) is 1.55. The van der Waals surface area contributed by atoms with Crippen LogP contribution in [0.4, 0.5) is 11.4 Å². The largest absolute Gasteiger partial charge is 0.376 e. The number of nitrogens with zero attached hydrogens (tertiary/aromatic N) is 1. The molecule has 1 unspecified atom stereocenters. The molecule has 0 aliphatic carbocycles. The lowest BCUT2D eigenvalue weighted by atomic mass is 10.2. The van der Waals surface area contributed by atoms with Gasteiger partial charge in [-0.15, -0.1) is 11.8 Å². The number of aryl methyl sites for hydroxylation is 1. The zero-order valence-electron chi connectivity index (χ0n) is 11.7. The van der Waals surface area contributed by atoms with Crippen LogP contribution in [0.1, 0.15) is 12.5 Å². The number of hydrogen-bond donors (Lipinski definition) is 4. The average Bonchev–Trinajstić information content (AvgIpc) is 2.35. The lowest BCUT2D eigenvalue weighted by Crippen LogP contribution is -2.33. The number of rotatable bonds is 6. The molecule has 0 aliphatic heterocycles. The first-order valence-corrected chi connectivity index (χ1v) is 8.68. The summed E-state index contributed by atoms with van der Waals surface area (Å²) in [7, 11) is -4.75. The molecule has 0 saturated carbocycles. The van der Waals surface area contributed by atoms with Crippen LogP contribution in [-0.4, -0.2) is 38.0 Å². The van der Waals surface area contributed by atoms with Gasteiger partial charge in [-0.2, -0.15) is 0 Å². The van der Waals surface area contributed by atoms with Crippen LogP contribution in [0.3, 0.4) is 0 Å². The molecule has 0 saturated heterocycles. The van der Waals surface area contributed by atoms with Crippen molar-refractivity contribution in [3.8, 4) is 0 Å². The summed E-state index contributed by atoms with van der Waals surface area (Å²) in [6, 6.07) is 2.90. The quantitative estimate of drug-likeness (QED) is 0.268. The van der Waals surface area contributed by atoms with Gasteiger partial charge in [0.25, 0.3) is 5.69 Å². The van der Waals surface area contributed by atoms with Gasteiger partial charge < -0.3 is 20.2 Å². The molecule has 21 heavy (non-hydrogen) atoms. The molecule has 1 aromatic rings. The van der Waals surface area contributed by atoms with Gasteiger partial charge in [0.15, 0.2) is 5.34 Å². The molecule has 0 aromatic heterocycles. The maximum absolute atomic E-state index is 11.1. The van der Waals surface area contributed by atoms with Gasteiger partial charge in [-0.1, -0.05) is 0 Å². The molecule has 0 amide bonds. The minimum atomic E-state index is -4.75. The number of nitro benzene ring substituents is 1. The van der Waals surface area contributed by atoms with Crippen molar-refractivity contribution >= 4 is 30.7 Å². The SMILES string of the molecule is CSc1cc(NCC(C)(O)P(=O)(O)O)c([N+](=O)[O-])cc1C. The Morgan fingerprint density at radius 1 is 1.48 bits per heavy atom. The maximum Gasteiger partial charge on any atom is 0.358 e. The minimum absolute atomic E-state index is 0.101. The molecule has 1 rings (SSSR count). The van der Waals surface area contributed by atoms with Crippen LogP contribution >= 0.6 is 19.4 Å². The zero-order valence-corrected chi connectivity index (χ0v) is 13.4. The Morgan fingerprint density at radius 2 is 2.05 bits per heavy atom. The van der Waals surface area contributed by atoms with E-state index in [-0.39, 0.29) is 11.4 Å². The van der Waals surface area contributed by atoms with E-state index in [2.05, 4.69) is 5.32 Å². The molecule has 10 heteroatoms. The van der Waals surface area contributed by atoms with E-state index in [0.29, 0.717) is 0 Å². The summed E-state index contributed by atoms with van der Waals surface area (Å²) in [5, 5.41) is 21.0. The van der Waals surface area contributed by atoms with Crippen LogP contribution in [0.5, 0.6) is 0 Å². The number of nitrogens with one attached hydrogen (secondary N) is 1. The Balaban J connectivity index is 3.13. The molecule has 0 radical (unpaired) electrons. The van der Waals surface area contributed by atoms with E-state index in [4.69, 9.17) is 9.79 Å². The highest BCUT2D eigenvalue weighted by atomic mass is 32.2. The molecule has 1 aromatic carbocycles. The first kappa shape index (κ1) is 17.9. The van der Waals surface area contributed by atoms with Crippen LogP contribution in [0.2, 0.25) is 0 Å². The lowest BCUT2D eigenvalue weighted by Gasteiger charge is -2.25. The fourth-order valence-corrected chi connectivity index (χ4v) is 2.45. The van der Waals surface area contributed by atoms with E-state index in [1.165, 1.54) is 23.9 Å². The zero-order chi connectivity index (χ0) is 16.4. The summed E-state index contributed by atoms with van der Waals surface area (Å²) >= 11 is 1.39. The van der Waals surface area contributed by atoms with Crippen molar-refractivity contribution in [3.05, 3.63) is 27.8 Å². The highest BCUT2D eigenvalue weighted by molar-refractivity contribution is 7.98. The van der Waals surface area contributed by atoms with Crippen LogP contribution in [0, 0.1) is 17.0 Å². The van der Waals surface area contributed by atoms with Crippen molar-refractivity contribution in [2.75, 3.05) is 18.1 Å². The van der Waals surface area contributed by atoms with Crippen molar-refractivity contribution in [1.29, 1.82) is 0 Å². The third kappa shape index (κ3) is 4.18. The molecule has 118 valence electrons. The molecule has 0 aliphatic rings. The van der Waals surface area contributed by atoms with Crippen molar-refractivity contribution in [2.24, 2.45) is 0 Å². The predicted octanol–water partition coefficient (Wildman–Crippen LogP) is 1.92. The summed E-state index contributed by atoms with van der Waals surface area (Å²) in [4.78, 5) is 29.3. The molecule has 8 nitrogen and oxygen atoms in total. The lowest BCUT2D eigenvalue weighted by molar-refractivity contribution is -0.384. The van der Waals surface area contributed by atoms with E-state index in [9.17, 15) is 19.8 Å². The molecular weight excluding hydrogens is 319 g/mol. The van der Waals surface area contributed by atoms with E-state index >= 15 is 0 Å². The van der Waals surface area contributed by atoms with Gasteiger partial charge in [0.1, 0.15) is 5.69 Å². The fraction of sp³-hybridized carbons (Fsp3) is 0.455. The standard InChI is InChI=1S/C11H17N2O6PS/c1-7-4-9(13(15)16)8(5-10(7)21-3)12-6-11(2,14)20(17,18)19/h4-5,12,14H,6H2,1-3H3,(H2,17,18,19). The first-order valence-electron chi connectivity index (χ1n) is 5.84. The van der Waals surface area contributed by atoms with Gasteiger partial charge in [0, 0.05) is 11.0 Å². The van der Waals surface area contributed by atoms with Crippen LogP contribution in [0.25, 0.3) is 0 Å². The van der Waals surface area contributed by atoms with E-state index in [1.807, 2.05) is 6.26 Å². The van der Waals surface area contributed by atoms with Gasteiger partial charge >= 0.3 is 7.60 Å². The smallest absolute Gasteiger partial charge is 0.358 e. The van der Waals surface area contributed by atoms with Crippen LogP contribution in [0.15, 0.2) is 17.0 Å². The van der Waals surface area contributed by atoms with Gasteiger partial charge in [-0.25, -0.2) is 0 Å². The number of thioether (sulfide) groups is 1. The second-order valence-electron chi connectivity index (χ2n) is 4.71. The van der Waals surface area contributed by atoms with Crippen LogP contribution < -0.4 is 5.32 Å². The minimum Gasteiger partial charge on any atom is -0.376 e. The Hall–Kier alpha value is -1.12. The number of nitro groups is 1. The number of hydrogen-bond acceptors (Lipinski definition) is 6. The summed E-state index contributed by atoms with van der Waals surface area (Å²) in [5.41, 5.74) is 0.608. The second kappa shape index (κ2) is 6.33. The second-order valence-corrected chi connectivity index (χ2v) is 7.61. The molecule has 4 N–H and O–H groups in total.